The Hall–Kier alpha value is 0.0500. The van der Waals surface area contributed by atoms with Gasteiger partial charge in [-0.2, -0.15) is 4.31 Å². The van der Waals surface area contributed by atoms with Crippen LogP contribution >= 0.6 is 31.9 Å². The van der Waals surface area contributed by atoms with E-state index in [0.717, 1.165) is 23.9 Å². The fourth-order valence-electron chi connectivity index (χ4n) is 2.23. The summed E-state index contributed by atoms with van der Waals surface area (Å²) >= 11 is 6.64. The Morgan fingerprint density at radius 1 is 1.40 bits per heavy atom. The number of likely N-dealkylation sites (N-methyl/N-ethyl adjacent to an activating group) is 1. The van der Waals surface area contributed by atoms with E-state index < -0.39 is 10.0 Å². The minimum absolute atomic E-state index is 0.00986. The van der Waals surface area contributed by atoms with Crippen LogP contribution in [0.15, 0.2) is 32.0 Å². The highest BCUT2D eigenvalue weighted by atomic mass is 79.9. The molecule has 1 saturated heterocycles. The summed E-state index contributed by atoms with van der Waals surface area (Å²) in [5, 5.41) is 0. The maximum absolute atomic E-state index is 12.7. The summed E-state index contributed by atoms with van der Waals surface area (Å²) < 4.78 is 33.8. The third kappa shape index (κ3) is 3.62. The average Bonchev–Trinajstić information content (AvgIpc) is 2.91. The molecule has 0 amide bonds. The number of sulfonamides is 1. The van der Waals surface area contributed by atoms with E-state index >= 15 is 0 Å². The molecule has 1 fully saturated rings. The van der Waals surface area contributed by atoms with Crippen LogP contribution in [0.5, 0.6) is 0 Å². The largest absolute Gasteiger partial charge is 0.377 e. The van der Waals surface area contributed by atoms with Gasteiger partial charge in [0.15, 0.2) is 0 Å². The molecular weight excluding hydrogens is 410 g/mol. The number of hydrogen-bond donors (Lipinski definition) is 0. The minimum atomic E-state index is -3.52. The molecule has 0 spiro atoms. The van der Waals surface area contributed by atoms with Crippen molar-refractivity contribution in [2.45, 2.75) is 30.8 Å². The van der Waals surface area contributed by atoms with Crippen LogP contribution < -0.4 is 0 Å². The highest BCUT2D eigenvalue weighted by Gasteiger charge is 2.29. The fraction of sp³-hybridized carbons (Fsp3) is 0.538. The Balaban J connectivity index is 2.28. The molecule has 7 heteroatoms. The fourth-order valence-corrected chi connectivity index (χ4v) is 5.17. The van der Waals surface area contributed by atoms with Crippen molar-refractivity contribution in [3.05, 3.63) is 27.1 Å². The summed E-state index contributed by atoms with van der Waals surface area (Å²) in [5.41, 5.74) is 0. The second kappa shape index (κ2) is 6.87. The molecular formula is C13H17Br2NO3S. The number of rotatable bonds is 5. The monoisotopic (exact) mass is 425 g/mol. The van der Waals surface area contributed by atoms with E-state index in [1.165, 1.54) is 4.31 Å². The molecule has 0 saturated carbocycles. The van der Waals surface area contributed by atoms with Crippen molar-refractivity contribution >= 4 is 41.9 Å². The molecule has 1 aliphatic rings. The van der Waals surface area contributed by atoms with E-state index in [2.05, 4.69) is 31.9 Å². The summed E-state index contributed by atoms with van der Waals surface area (Å²) in [6.45, 7) is 3.42. The predicted octanol–water partition coefficient (Wildman–Crippen LogP) is 3.40. The van der Waals surface area contributed by atoms with Crippen LogP contribution in [0.2, 0.25) is 0 Å². The summed E-state index contributed by atoms with van der Waals surface area (Å²) in [6.07, 6.45) is 1.93. The normalized spacial score (nSPS) is 19.7. The lowest BCUT2D eigenvalue weighted by atomic mass is 10.2. The highest BCUT2D eigenvalue weighted by Crippen LogP contribution is 2.29. The van der Waals surface area contributed by atoms with Gasteiger partial charge in [0.25, 0.3) is 0 Å². The Morgan fingerprint density at radius 2 is 2.15 bits per heavy atom. The first-order valence-electron chi connectivity index (χ1n) is 6.52. The zero-order valence-corrected chi connectivity index (χ0v) is 15.2. The van der Waals surface area contributed by atoms with Gasteiger partial charge >= 0.3 is 0 Å². The van der Waals surface area contributed by atoms with Crippen LogP contribution in [-0.2, 0) is 14.8 Å². The van der Waals surface area contributed by atoms with Gasteiger partial charge in [-0.05, 0) is 47.0 Å². The number of benzene rings is 1. The molecule has 0 radical (unpaired) electrons. The lowest BCUT2D eigenvalue weighted by molar-refractivity contribution is 0.0946. The minimum Gasteiger partial charge on any atom is -0.377 e. The van der Waals surface area contributed by atoms with Gasteiger partial charge in [0.1, 0.15) is 0 Å². The number of ether oxygens (including phenoxy) is 1. The second-order valence-electron chi connectivity index (χ2n) is 4.67. The molecule has 0 aliphatic carbocycles. The summed E-state index contributed by atoms with van der Waals surface area (Å²) in [7, 11) is -3.52. The first-order valence-corrected chi connectivity index (χ1v) is 9.54. The topological polar surface area (TPSA) is 46.6 Å². The van der Waals surface area contributed by atoms with Crippen LogP contribution in [0.4, 0.5) is 0 Å². The molecule has 112 valence electrons. The smallest absolute Gasteiger partial charge is 0.244 e. The van der Waals surface area contributed by atoms with Gasteiger partial charge in [-0.3, -0.25) is 0 Å². The lowest BCUT2D eigenvalue weighted by Gasteiger charge is -2.24. The van der Waals surface area contributed by atoms with Gasteiger partial charge in [-0.15, -0.1) is 0 Å². The van der Waals surface area contributed by atoms with E-state index in [-0.39, 0.29) is 11.0 Å². The maximum atomic E-state index is 12.7. The van der Waals surface area contributed by atoms with Gasteiger partial charge in [-0.1, -0.05) is 22.9 Å². The molecule has 1 aliphatic heterocycles. The highest BCUT2D eigenvalue weighted by molar-refractivity contribution is 9.11. The summed E-state index contributed by atoms with van der Waals surface area (Å²) in [5.74, 6) is 0. The Bertz CT molecular complexity index is 571. The van der Waals surface area contributed by atoms with Gasteiger partial charge in [0.2, 0.25) is 10.0 Å². The van der Waals surface area contributed by atoms with Crippen molar-refractivity contribution in [1.29, 1.82) is 0 Å². The van der Waals surface area contributed by atoms with Gasteiger partial charge < -0.3 is 4.74 Å². The van der Waals surface area contributed by atoms with Crippen molar-refractivity contribution < 1.29 is 13.2 Å². The number of halogens is 2. The van der Waals surface area contributed by atoms with Crippen molar-refractivity contribution in [2.24, 2.45) is 0 Å². The summed E-state index contributed by atoms with van der Waals surface area (Å²) in [4.78, 5) is 0.284. The van der Waals surface area contributed by atoms with E-state index in [1.807, 2.05) is 6.92 Å². The number of hydrogen-bond acceptors (Lipinski definition) is 3. The van der Waals surface area contributed by atoms with Crippen LogP contribution in [0.1, 0.15) is 19.8 Å². The Labute approximate surface area is 136 Å². The quantitative estimate of drug-likeness (QED) is 0.724. The molecule has 0 bridgehead atoms. The third-order valence-corrected chi connectivity index (χ3v) is 6.72. The van der Waals surface area contributed by atoms with Crippen molar-refractivity contribution in [3.63, 3.8) is 0 Å². The van der Waals surface area contributed by atoms with E-state index in [0.29, 0.717) is 17.6 Å². The van der Waals surface area contributed by atoms with Crippen LogP contribution in [-0.4, -0.2) is 38.5 Å². The van der Waals surface area contributed by atoms with Gasteiger partial charge in [0.05, 0.1) is 11.0 Å². The molecule has 0 unspecified atom stereocenters. The summed E-state index contributed by atoms with van der Waals surface area (Å²) in [6, 6.07) is 5.16. The molecule has 1 aromatic rings. The molecule has 20 heavy (non-hydrogen) atoms. The van der Waals surface area contributed by atoms with Crippen LogP contribution in [0, 0.1) is 0 Å². The first kappa shape index (κ1) is 16.4. The van der Waals surface area contributed by atoms with Crippen molar-refractivity contribution in [2.75, 3.05) is 19.7 Å². The third-order valence-electron chi connectivity index (χ3n) is 3.30. The van der Waals surface area contributed by atoms with E-state index in [9.17, 15) is 8.42 Å². The molecule has 1 heterocycles. The number of nitrogens with zero attached hydrogens (tertiary/aromatic N) is 1. The van der Waals surface area contributed by atoms with E-state index in [1.54, 1.807) is 18.2 Å². The van der Waals surface area contributed by atoms with E-state index in [4.69, 9.17) is 4.74 Å². The average molecular weight is 427 g/mol. The van der Waals surface area contributed by atoms with Crippen molar-refractivity contribution in [1.82, 2.24) is 4.31 Å². The SMILES string of the molecule is CCN(C[C@@H]1CCCO1)S(=O)(=O)c1cc(Br)ccc1Br. The second-order valence-corrected chi connectivity index (χ2v) is 8.34. The van der Waals surface area contributed by atoms with Gasteiger partial charge in [0, 0.05) is 28.6 Å². The van der Waals surface area contributed by atoms with Gasteiger partial charge in [-0.25, -0.2) is 8.42 Å². The Morgan fingerprint density at radius 3 is 2.75 bits per heavy atom. The van der Waals surface area contributed by atoms with Crippen LogP contribution in [0.3, 0.4) is 0 Å². The van der Waals surface area contributed by atoms with Crippen molar-refractivity contribution in [3.8, 4) is 0 Å². The predicted molar refractivity (Wildman–Crippen MR) is 85.2 cm³/mol. The standard InChI is InChI=1S/C13H17Br2NO3S/c1-2-16(9-11-4-3-7-19-11)20(17,18)13-8-10(14)5-6-12(13)15/h5-6,8,11H,2-4,7,9H2,1H3/t11-/m0/s1. The molecule has 0 N–H and O–H groups in total. The molecule has 1 aromatic carbocycles. The molecule has 0 aromatic heterocycles. The maximum Gasteiger partial charge on any atom is 0.244 e. The molecule has 2 rings (SSSR count). The Kier molecular flexibility index (Phi) is 5.64. The zero-order chi connectivity index (χ0) is 14.8. The zero-order valence-electron chi connectivity index (χ0n) is 11.2. The lowest BCUT2D eigenvalue weighted by Crippen LogP contribution is -2.37. The molecule has 4 nitrogen and oxygen atoms in total. The molecule has 1 atom stereocenters. The van der Waals surface area contributed by atoms with Crippen LogP contribution in [0.25, 0.3) is 0 Å². The first-order chi connectivity index (χ1) is 9.45.